The lowest BCUT2D eigenvalue weighted by molar-refractivity contribution is -0.139. The van der Waals surface area contributed by atoms with Gasteiger partial charge in [-0.2, -0.15) is 0 Å². The van der Waals surface area contributed by atoms with E-state index in [1.165, 1.54) is 0 Å². The minimum Gasteiger partial charge on any atom is -0.346 e. The van der Waals surface area contributed by atoms with E-state index >= 15 is 0 Å². The van der Waals surface area contributed by atoms with Crippen molar-refractivity contribution in [3.63, 3.8) is 0 Å². The molecule has 0 bridgehead atoms. The zero-order valence-electron chi connectivity index (χ0n) is 9.33. The van der Waals surface area contributed by atoms with Crippen LogP contribution in [-0.2, 0) is 4.79 Å². The zero-order valence-corrected chi connectivity index (χ0v) is 9.33. The van der Waals surface area contributed by atoms with Crippen LogP contribution in [0.5, 0.6) is 0 Å². The zero-order chi connectivity index (χ0) is 10.6. The van der Waals surface area contributed by atoms with E-state index in [2.05, 4.69) is 6.92 Å². The summed E-state index contributed by atoms with van der Waals surface area (Å²) in [5, 5.41) is 0. The van der Waals surface area contributed by atoms with Gasteiger partial charge in [-0.3, -0.25) is 4.79 Å². The maximum absolute atomic E-state index is 11.9. The van der Waals surface area contributed by atoms with Crippen LogP contribution in [0.4, 0.5) is 0 Å². The Morgan fingerprint density at radius 1 is 1.64 bits per heavy atom. The first kappa shape index (κ1) is 11.5. The minimum absolute atomic E-state index is 0.238. The smallest absolute Gasteiger partial charge is 0.225 e. The standard InChI is InChI=1S/C11H22N2O/c1-3-9(6-7-12)10-5-4-8-13(2)11(10)14/h9-10H,3-8,12H2,1-2H3. The van der Waals surface area contributed by atoms with Crippen molar-refractivity contribution in [2.24, 2.45) is 17.6 Å². The van der Waals surface area contributed by atoms with Gasteiger partial charge in [-0.15, -0.1) is 0 Å². The lowest BCUT2D eigenvalue weighted by Crippen LogP contribution is -2.41. The predicted molar refractivity (Wildman–Crippen MR) is 57.8 cm³/mol. The fraction of sp³-hybridized carbons (Fsp3) is 0.909. The molecule has 1 heterocycles. The summed E-state index contributed by atoms with van der Waals surface area (Å²) >= 11 is 0. The molecule has 2 unspecified atom stereocenters. The first-order valence-corrected chi connectivity index (χ1v) is 5.65. The highest BCUT2D eigenvalue weighted by Gasteiger charge is 2.31. The van der Waals surface area contributed by atoms with Crippen molar-refractivity contribution in [1.82, 2.24) is 4.90 Å². The van der Waals surface area contributed by atoms with Crippen LogP contribution in [-0.4, -0.2) is 30.9 Å². The first-order chi connectivity index (χ1) is 6.70. The summed E-state index contributed by atoms with van der Waals surface area (Å²) in [7, 11) is 1.91. The van der Waals surface area contributed by atoms with Crippen LogP contribution in [0.3, 0.4) is 0 Å². The third-order valence-corrected chi connectivity index (χ3v) is 3.33. The maximum atomic E-state index is 11.9. The van der Waals surface area contributed by atoms with E-state index in [-0.39, 0.29) is 5.92 Å². The highest BCUT2D eigenvalue weighted by molar-refractivity contribution is 5.79. The second kappa shape index (κ2) is 5.35. The largest absolute Gasteiger partial charge is 0.346 e. The summed E-state index contributed by atoms with van der Waals surface area (Å²) in [6.45, 7) is 3.78. The van der Waals surface area contributed by atoms with Crippen LogP contribution >= 0.6 is 0 Å². The van der Waals surface area contributed by atoms with E-state index in [0.717, 1.165) is 32.2 Å². The molecule has 0 aromatic heterocycles. The number of hydrogen-bond acceptors (Lipinski definition) is 2. The average Bonchev–Trinajstić information content (AvgIpc) is 2.19. The van der Waals surface area contributed by atoms with Crippen LogP contribution in [0.25, 0.3) is 0 Å². The molecule has 2 atom stereocenters. The van der Waals surface area contributed by atoms with Gasteiger partial charge in [0.05, 0.1) is 0 Å². The average molecular weight is 198 g/mol. The summed E-state index contributed by atoms with van der Waals surface area (Å²) in [6, 6.07) is 0. The van der Waals surface area contributed by atoms with Crippen molar-refractivity contribution in [2.75, 3.05) is 20.1 Å². The van der Waals surface area contributed by atoms with Crippen molar-refractivity contribution in [1.29, 1.82) is 0 Å². The molecular weight excluding hydrogens is 176 g/mol. The van der Waals surface area contributed by atoms with Crippen LogP contribution in [0, 0.1) is 11.8 Å². The van der Waals surface area contributed by atoms with Gasteiger partial charge in [0.2, 0.25) is 5.91 Å². The quantitative estimate of drug-likeness (QED) is 0.738. The molecule has 0 saturated carbocycles. The van der Waals surface area contributed by atoms with Crippen LogP contribution < -0.4 is 5.73 Å². The van der Waals surface area contributed by atoms with Crippen LogP contribution in [0.2, 0.25) is 0 Å². The minimum atomic E-state index is 0.238. The van der Waals surface area contributed by atoms with E-state index in [4.69, 9.17) is 5.73 Å². The van der Waals surface area contributed by atoms with Gasteiger partial charge in [0.25, 0.3) is 0 Å². The number of carbonyl (C=O) groups excluding carboxylic acids is 1. The molecule has 1 saturated heterocycles. The molecule has 14 heavy (non-hydrogen) atoms. The van der Waals surface area contributed by atoms with Gasteiger partial charge in [0.15, 0.2) is 0 Å². The Morgan fingerprint density at radius 3 is 2.93 bits per heavy atom. The molecule has 2 N–H and O–H groups in total. The highest BCUT2D eigenvalue weighted by atomic mass is 16.2. The Hall–Kier alpha value is -0.570. The molecule has 1 amide bonds. The molecule has 0 aromatic carbocycles. The molecule has 1 aliphatic rings. The van der Waals surface area contributed by atoms with Crippen molar-refractivity contribution in [3.8, 4) is 0 Å². The number of carbonyl (C=O) groups is 1. The number of piperidine rings is 1. The molecule has 3 heteroatoms. The van der Waals surface area contributed by atoms with Crippen molar-refractivity contribution in [3.05, 3.63) is 0 Å². The number of nitrogens with two attached hydrogens (primary N) is 1. The van der Waals surface area contributed by atoms with Gasteiger partial charge in [0.1, 0.15) is 0 Å². The van der Waals surface area contributed by atoms with E-state index in [0.29, 0.717) is 18.4 Å². The Balaban J connectivity index is 2.59. The maximum Gasteiger partial charge on any atom is 0.225 e. The summed E-state index contributed by atoms with van der Waals surface area (Å²) in [5.41, 5.74) is 5.57. The second-order valence-corrected chi connectivity index (χ2v) is 4.25. The van der Waals surface area contributed by atoms with Gasteiger partial charge >= 0.3 is 0 Å². The fourth-order valence-electron chi connectivity index (χ4n) is 2.41. The van der Waals surface area contributed by atoms with E-state index < -0.39 is 0 Å². The molecule has 0 aromatic rings. The summed E-state index contributed by atoms with van der Waals surface area (Å²) in [4.78, 5) is 13.8. The second-order valence-electron chi connectivity index (χ2n) is 4.25. The third-order valence-electron chi connectivity index (χ3n) is 3.33. The predicted octanol–water partition coefficient (Wildman–Crippen LogP) is 1.23. The normalized spacial score (nSPS) is 25.2. The van der Waals surface area contributed by atoms with Gasteiger partial charge in [0, 0.05) is 19.5 Å². The Kier molecular flexibility index (Phi) is 4.39. The molecule has 0 radical (unpaired) electrons. The van der Waals surface area contributed by atoms with Crippen LogP contribution in [0.15, 0.2) is 0 Å². The number of likely N-dealkylation sites (tertiary alicyclic amines) is 1. The molecule has 1 aliphatic heterocycles. The van der Waals surface area contributed by atoms with Crippen molar-refractivity contribution >= 4 is 5.91 Å². The SMILES string of the molecule is CCC(CCN)C1CCCN(C)C1=O. The molecular formula is C11H22N2O. The van der Waals surface area contributed by atoms with Crippen molar-refractivity contribution < 1.29 is 4.79 Å². The molecule has 0 spiro atoms. The monoisotopic (exact) mass is 198 g/mol. The Bertz CT molecular complexity index is 194. The fourth-order valence-corrected chi connectivity index (χ4v) is 2.41. The number of nitrogens with zero attached hydrogens (tertiary/aromatic N) is 1. The molecule has 0 aliphatic carbocycles. The summed E-state index contributed by atoms with van der Waals surface area (Å²) in [6.07, 6.45) is 4.26. The van der Waals surface area contributed by atoms with E-state index in [1.54, 1.807) is 0 Å². The summed E-state index contributed by atoms with van der Waals surface area (Å²) < 4.78 is 0. The van der Waals surface area contributed by atoms with Gasteiger partial charge < -0.3 is 10.6 Å². The van der Waals surface area contributed by atoms with Crippen LogP contribution in [0.1, 0.15) is 32.6 Å². The molecule has 1 rings (SSSR count). The molecule has 1 fully saturated rings. The van der Waals surface area contributed by atoms with Gasteiger partial charge in [-0.05, 0) is 31.7 Å². The van der Waals surface area contributed by atoms with Gasteiger partial charge in [-0.1, -0.05) is 13.3 Å². The number of hydrogen-bond donors (Lipinski definition) is 1. The lowest BCUT2D eigenvalue weighted by Gasteiger charge is -2.33. The first-order valence-electron chi connectivity index (χ1n) is 5.65. The molecule has 3 nitrogen and oxygen atoms in total. The highest BCUT2D eigenvalue weighted by Crippen LogP contribution is 2.28. The van der Waals surface area contributed by atoms with Crippen molar-refractivity contribution in [2.45, 2.75) is 32.6 Å². The Labute approximate surface area is 86.6 Å². The number of rotatable bonds is 4. The van der Waals surface area contributed by atoms with Gasteiger partial charge in [-0.25, -0.2) is 0 Å². The topological polar surface area (TPSA) is 46.3 Å². The lowest BCUT2D eigenvalue weighted by atomic mass is 9.81. The third kappa shape index (κ3) is 2.47. The van der Waals surface area contributed by atoms with E-state index in [1.807, 2.05) is 11.9 Å². The summed E-state index contributed by atoms with van der Waals surface area (Å²) in [5.74, 6) is 1.06. The Morgan fingerprint density at radius 2 is 2.36 bits per heavy atom. The number of amides is 1. The molecule has 82 valence electrons. The van der Waals surface area contributed by atoms with E-state index in [9.17, 15) is 4.79 Å².